The fraction of sp³-hybridized carbons (Fsp3) is 0.267. The number of methoxy groups -OCH3 is 1. The number of pyridine rings is 1. The highest BCUT2D eigenvalue weighted by Gasteiger charge is 2.16. The summed E-state index contributed by atoms with van der Waals surface area (Å²) in [6.07, 6.45) is 0.299. The van der Waals surface area contributed by atoms with Crippen molar-refractivity contribution in [3.05, 3.63) is 36.0 Å². The van der Waals surface area contributed by atoms with Gasteiger partial charge in [-0.1, -0.05) is 18.2 Å². The highest BCUT2D eigenvalue weighted by molar-refractivity contribution is 5.98. The Morgan fingerprint density at radius 2 is 2.20 bits per heavy atom. The normalized spacial score (nSPS) is 10.1. The molecule has 0 aliphatic rings. The summed E-state index contributed by atoms with van der Waals surface area (Å²) in [5, 5.41) is 10.3. The molecular formula is C15H15N3O2. The molecular weight excluding hydrogens is 254 g/mol. The van der Waals surface area contributed by atoms with Crippen LogP contribution in [0.25, 0.3) is 10.8 Å². The Balaban J connectivity index is 2.40. The molecule has 20 heavy (non-hydrogen) atoms. The molecule has 0 fully saturated rings. The Labute approximate surface area is 117 Å². The number of aromatic nitrogens is 1. The monoisotopic (exact) mass is 269 g/mol. The molecule has 5 nitrogen and oxygen atoms in total. The summed E-state index contributed by atoms with van der Waals surface area (Å²) < 4.78 is 5.24. The Morgan fingerprint density at radius 3 is 2.90 bits per heavy atom. The van der Waals surface area contributed by atoms with Gasteiger partial charge in [0.2, 0.25) is 5.88 Å². The molecule has 1 aromatic carbocycles. The van der Waals surface area contributed by atoms with Crippen molar-refractivity contribution in [2.45, 2.75) is 6.42 Å². The molecule has 102 valence electrons. The largest absolute Gasteiger partial charge is 0.481 e. The van der Waals surface area contributed by atoms with Crippen molar-refractivity contribution in [2.75, 3.05) is 20.7 Å². The highest BCUT2D eigenvalue weighted by Crippen LogP contribution is 2.24. The number of ether oxygens (including phenoxy) is 1. The molecule has 0 unspecified atom stereocenters. The van der Waals surface area contributed by atoms with E-state index >= 15 is 0 Å². The van der Waals surface area contributed by atoms with Crippen molar-refractivity contribution < 1.29 is 9.53 Å². The Bertz CT molecular complexity index is 676. The highest BCUT2D eigenvalue weighted by atomic mass is 16.5. The smallest absolute Gasteiger partial charge is 0.272 e. The molecule has 1 aromatic heterocycles. The zero-order valence-corrected chi connectivity index (χ0v) is 11.5. The zero-order valence-electron chi connectivity index (χ0n) is 11.5. The minimum atomic E-state index is -0.218. The summed E-state index contributed by atoms with van der Waals surface area (Å²) >= 11 is 0. The van der Waals surface area contributed by atoms with Crippen LogP contribution in [0.3, 0.4) is 0 Å². The maximum absolute atomic E-state index is 12.3. The third-order valence-electron chi connectivity index (χ3n) is 3.02. The molecule has 0 aliphatic carbocycles. The number of nitriles is 1. The van der Waals surface area contributed by atoms with E-state index < -0.39 is 0 Å². The lowest BCUT2D eigenvalue weighted by Gasteiger charge is -2.16. The number of amides is 1. The summed E-state index contributed by atoms with van der Waals surface area (Å²) in [6.45, 7) is 0.381. The van der Waals surface area contributed by atoms with E-state index in [9.17, 15) is 4.79 Å². The van der Waals surface area contributed by atoms with Crippen molar-refractivity contribution in [1.29, 1.82) is 5.26 Å². The average Bonchev–Trinajstić information content (AvgIpc) is 2.50. The van der Waals surface area contributed by atoms with Crippen LogP contribution in [0.1, 0.15) is 16.9 Å². The quantitative estimate of drug-likeness (QED) is 0.853. The molecule has 1 heterocycles. The SMILES string of the molecule is COc1nc(C(=O)N(C)CCC#N)cc2ccccc12. The minimum absolute atomic E-state index is 0.218. The van der Waals surface area contributed by atoms with Gasteiger partial charge in [-0.2, -0.15) is 5.26 Å². The summed E-state index contributed by atoms with van der Waals surface area (Å²) in [5.41, 5.74) is 0.320. The van der Waals surface area contributed by atoms with Crippen LogP contribution in [0.4, 0.5) is 0 Å². The summed E-state index contributed by atoms with van der Waals surface area (Å²) in [5.74, 6) is 0.212. The zero-order chi connectivity index (χ0) is 14.5. The van der Waals surface area contributed by atoms with Crippen LogP contribution in [0.2, 0.25) is 0 Å². The van der Waals surface area contributed by atoms with Crippen LogP contribution in [-0.4, -0.2) is 36.5 Å². The summed E-state index contributed by atoms with van der Waals surface area (Å²) in [4.78, 5) is 18.0. The maximum atomic E-state index is 12.3. The second-order valence-electron chi connectivity index (χ2n) is 4.37. The van der Waals surface area contributed by atoms with Gasteiger partial charge in [0, 0.05) is 19.0 Å². The van der Waals surface area contributed by atoms with Gasteiger partial charge in [-0.15, -0.1) is 0 Å². The van der Waals surface area contributed by atoms with Crippen LogP contribution >= 0.6 is 0 Å². The van der Waals surface area contributed by atoms with Gasteiger partial charge in [0.25, 0.3) is 5.91 Å². The Morgan fingerprint density at radius 1 is 1.45 bits per heavy atom. The molecule has 5 heteroatoms. The third kappa shape index (κ3) is 2.69. The van der Waals surface area contributed by atoms with E-state index in [1.165, 1.54) is 12.0 Å². The van der Waals surface area contributed by atoms with E-state index in [-0.39, 0.29) is 5.91 Å². The third-order valence-corrected chi connectivity index (χ3v) is 3.02. The molecule has 0 spiro atoms. The lowest BCUT2D eigenvalue weighted by atomic mass is 10.1. The summed E-state index contributed by atoms with van der Waals surface area (Å²) in [6, 6.07) is 11.4. The van der Waals surface area contributed by atoms with Crippen LogP contribution in [-0.2, 0) is 0 Å². The number of nitrogens with zero attached hydrogens (tertiary/aromatic N) is 3. The second-order valence-corrected chi connectivity index (χ2v) is 4.37. The lowest BCUT2D eigenvalue weighted by molar-refractivity contribution is 0.0791. The molecule has 0 radical (unpaired) electrons. The van der Waals surface area contributed by atoms with E-state index in [1.54, 1.807) is 13.1 Å². The van der Waals surface area contributed by atoms with Crippen LogP contribution in [0.5, 0.6) is 5.88 Å². The van der Waals surface area contributed by atoms with Gasteiger partial charge in [0.15, 0.2) is 0 Å². The summed E-state index contributed by atoms with van der Waals surface area (Å²) in [7, 11) is 3.19. The first kappa shape index (κ1) is 13.8. The number of rotatable bonds is 4. The van der Waals surface area contributed by atoms with Crippen molar-refractivity contribution in [3.8, 4) is 11.9 Å². The molecule has 0 N–H and O–H groups in total. The van der Waals surface area contributed by atoms with Crippen molar-refractivity contribution in [2.24, 2.45) is 0 Å². The van der Waals surface area contributed by atoms with E-state index in [0.717, 1.165) is 10.8 Å². The van der Waals surface area contributed by atoms with Gasteiger partial charge in [0.05, 0.1) is 19.6 Å². The topological polar surface area (TPSA) is 66.2 Å². The van der Waals surface area contributed by atoms with E-state index in [2.05, 4.69) is 4.98 Å². The van der Waals surface area contributed by atoms with Crippen molar-refractivity contribution >= 4 is 16.7 Å². The lowest BCUT2D eigenvalue weighted by Crippen LogP contribution is -2.28. The molecule has 0 saturated carbocycles. The molecule has 0 aliphatic heterocycles. The van der Waals surface area contributed by atoms with Crippen LogP contribution in [0, 0.1) is 11.3 Å². The number of hydrogen-bond acceptors (Lipinski definition) is 4. The average molecular weight is 269 g/mol. The van der Waals surface area contributed by atoms with Crippen LogP contribution in [0.15, 0.2) is 30.3 Å². The van der Waals surface area contributed by atoms with E-state index in [0.29, 0.717) is 24.5 Å². The number of benzene rings is 1. The molecule has 0 saturated heterocycles. The molecule has 0 atom stereocenters. The Kier molecular flexibility index (Phi) is 4.16. The van der Waals surface area contributed by atoms with Gasteiger partial charge >= 0.3 is 0 Å². The van der Waals surface area contributed by atoms with E-state index in [1.807, 2.05) is 30.3 Å². The number of carbonyl (C=O) groups excluding carboxylic acids is 1. The first-order valence-corrected chi connectivity index (χ1v) is 6.23. The standard InChI is InChI=1S/C15H15N3O2/c1-18(9-5-8-16)15(19)13-10-11-6-3-4-7-12(11)14(17-13)20-2/h3-4,6-7,10H,5,9H2,1-2H3. The number of carbonyl (C=O) groups is 1. The fourth-order valence-electron chi connectivity index (χ4n) is 1.95. The maximum Gasteiger partial charge on any atom is 0.272 e. The number of hydrogen-bond donors (Lipinski definition) is 0. The van der Waals surface area contributed by atoms with Gasteiger partial charge in [-0.25, -0.2) is 4.98 Å². The minimum Gasteiger partial charge on any atom is -0.481 e. The molecule has 2 rings (SSSR count). The van der Waals surface area contributed by atoms with E-state index in [4.69, 9.17) is 10.00 Å². The fourth-order valence-corrected chi connectivity index (χ4v) is 1.95. The Hall–Kier alpha value is -2.61. The predicted molar refractivity (Wildman–Crippen MR) is 75.5 cm³/mol. The molecule has 0 bridgehead atoms. The van der Waals surface area contributed by atoms with Crippen molar-refractivity contribution in [1.82, 2.24) is 9.88 Å². The van der Waals surface area contributed by atoms with Crippen LogP contribution < -0.4 is 4.74 Å². The first-order chi connectivity index (χ1) is 9.67. The first-order valence-electron chi connectivity index (χ1n) is 6.23. The van der Waals surface area contributed by atoms with Gasteiger partial charge in [-0.05, 0) is 17.5 Å². The molecule has 1 amide bonds. The van der Waals surface area contributed by atoms with Gasteiger partial charge < -0.3 is 9.64 Å². The predicted octanol–water partition coefficient (Wildman–Crippen LogP) is 2.23. The van der Waals surface area contributed by atoms with Gasteiger partial charge in [-0.3, -0.25) is 4.79 Å². The van der Waals surface area contributed by atoms with Gasteiger partial charge in [0.1, 0.15) is 5.69 Å². The van der Waals surface area contributed by atoms with Crippen molar-refractivity contribution in [3.63, 3.8) is 0 Å². The number of fused-ring (bicyclic) bond motifs is 1. The second kappa shape index (κ2) is 6.02. The molecule has 2 aromatic rings.